The zero-order chi connectivity index (χ0) is 29.7. The van der Waals surface area contributed by atoms with Crippen LogP contribution < -0.4 is 20.6 Å². The number of ether oxygens (including phenoxy) is 1. The van der Waals surface area contributed by atoms with Crippen molar-refractivity contribution in [3.05, 3.63) is 99.7 Å². The number of carboxylic acid groups (broad SMARTS) is 1. The van der Waals surface area contributed by atoms with Gasteiger partial charge in [-0.3, -0.25) is 9.69 Å². The zero-order valence-corrected chi connectivity index (χ0v) is 22.4. The number of carboxylic acids is 1. The van der Waals surface area contributed by atoms with Crippen LogP contribution in [0.3, 0.4) is 0 Å². The van der Waals surface area contributed by atoms with E-state index in [-0.39, 0.29) is 29.1 Å². The minimum absolute atomic E-state index is 0.0784. The Kier molecular flexibility index (Phi) is 8.56. The number of benzene rings is 3. The molecular formula is C28H27FN6O6. The van der Waals surface area contributed by atoms with Crippen molar-refractivity contribution in [2.24, 2.45) is 0 Å². The highest BCUT2D eigenvalue weighted by Gasteiger charge is 2.28. The summed E-state index contributed by atoms with van der Waals surface area (Å²) in [5.74, 6) is -2.78. The van der Waals surface area contributed by atoms with E-state index in [9.17, 15) is 24.3 Å². The Bertz CT molecular complexity index is 1650. The van der Waals surface area contributed by atoms with Crippen LogP contribution >= 0.6 is 0 Å². The number of aromatic nitrogens is 4. The smallest absolute Gasteiger partial charge is 0.377 e. The first-order valence-corrected chi connectivity index (χ1v) is 12.5. The van der Waals surface area contributed by atoms with Crippen LogP contribution in [0.4, 0.5) is 14.9 Å². The number of halogens is 1. The van der Waals surface area contributed by atoms with E-state index in [1.54, 1.807) is 13.8 Å². The van der Waals surface area contributed by atoms with Gasteiger partial charge in [0.1, 0.15) is 22.8 Å². The quantitative estimate of drug-likeness (QED) is 0.296. The second-order valence-electron chi connectivity index (χ2n) is 9.15. The topological polar surface area (TPSA) is 149 Å². The molecule has 0 aliphatic heterocycles. The van der Waals surface area contributed by atoms with Gasteiger partial charge in [0, 0.05) is 18.3 Å². The monoisotopic (exact) mass is 562 g/mol. The van der Waals surface area contributed by atoms with Gasteiger partial charge >= 0.3 is 17.7 Å². The Hall–Kier alpha value is -5.33. The second kappa shape index (κ2) is 12.2. The van der Waals surface area contributed by atoms with Crippen LogP contribution in [0.5, 0.6) is 5.75 Å². The van der Waals surface area contributed by atoms with E-state index in [0.29, 0.717) is 15.8 Å². The van der Waals surface area contributed by atoms with Crippen LogP contribution in [-0.4, -0.2) is 62.5 Å². The van der Waals surface area contributed by atoms with Gasteiger partial charge in [-0.15, -0.1) is 4.68 Å². The molecule has 4 aromatic rings. The van der Waals surface area contributed by atoms with Gasteiger partial charge in [-0.05, 0) is 66.6 Å². The Balaban J connectivity index is 1.66. The maximum Gasteiger partial charge on any atom is 0.377 e. The summed E-state index contributed by atoms with van der Waals surface area (Å²) >= 11 is 0. The summed E-state index contributed by atoms with van der Waals surface area (Å²) in [7, 11) is 1.31. The second-order valence-corrected chi connectivity index (χ2v) is 9.15. The van der Waals surface area contributed by atoms with Crippen molar-refractivity contribution in [3.63, 3.8) is 0 Å². The zero-order valence-electron chi connectivity index (χ0n) is 22.4. The molecule has 2 amide bonds. The fourth-order valence-corrected chi connectivity index (χ4v) is 4.23. The summed E-state index contributed by atoms with van der Waals surface area (Å²) in [5.41, 5.74) is -0.838. The van der Waals surface area contributed by atoms with Crippen molar-refractivity contribution in [1.29, 1.82) is 0 Å². The number of rotatable bonds is 9. The molecule has 1 aromatic heterocycles. The highest BCUT2D eigenvalue weighted by molar-refractivity contribution is 5.98. The van der Waals surface area contributed by atoms with Gasteiger partial charge in [-0.25, -0.2) is 18.8 Å². The number of methoxy groups -OCH3 is 1. The molecule has 4 rings (SSSR count). The average Bonchev–Trinajstić information content (AvgIpc) is 3.33. The molecule has 0 unspecified atom stereocenters. The number of nitrogens with zero attached hydrogens (tertiary/aromatic N) is 5. The molecule has 0 radical (unpaired) electrons. The molecule has 2 N–H and O–H groups in total. The number of hydrogen-bond acceptors (Lipinski definition) is 7. The van der Waals surface area contributed by atoms with Crippen LogP contribution in [0.2, 0.25) is 0 Å². The third-order valence-electron chi connectivity index (χ3n) is 6.16. The summed E-state index contributed by atoms with van der Waals surface area (Å²) in [6.07, 6.45) is 0.530. The van der Waals surface area contributed by atoms with Crippen molar-refractivity contribution in [1.82, 2.24) is 25.1 Å². The molecular weight excluding hydrogens is 535 g/mol. The molecule has 0 spiro atoms. The number of amides is 2. The van der Waals surface area contributed by atoms with Crippen LogP contribution in [0.15, 0.2) is 71.5 Å². The maximum absolute atomic E-state index is 15.0. The number of aromatic carboxylic acids is 1. The third-order valence-corrected chi connectivity index (χ3v) is 6.16. The molecule has 12 nitrogen and oxygen atoms in total. The van der Waals surface area contributed by atoms with Gasteiger partial charge in [0.25, 0.3) is 5.91 Å². The Morgan fingerprint density at radius 3 is 2.41 bits per heavy atom. The van der Waals surface area contributed by atoms with Crippen molar-refractivity contribution < 1.29 is 28.6 Å². The Labute approximate surface area is 233 Å². The molecule has 0 saturated carbocycles. The third kappa shape index (κ3) is 5.98. The number of carbonyl (C=O) groups is 3. The molecule has 0 aliphatic carbocycles. The maximum atomic E-state index is 15.0. The summed E-state index contributed by atoms with van der Waals surface area (Å²) in [4.78, 5) is 52.6. The predicted molar refractivity (Wildman–Crippen MR) is 146 cm³/mol. The van der Waals surface area contributed by atoms with E-state index in [4.69, 9.17) is 4.74 Å². The molecule has 0 saturated heterocycles. The SMILES string of the molecule is COc1ccc(N(C(=O)n2nnn(-c3c(F)cccc3C(=O)NCCc3ccccc3)c2=O)C(C)C)cc1C(=O)O. The lowest BCUT2D eigenvalue weighted by Crippen LogP contribution is -2.45. The summed E-state index contributed by atoms with van der Waals surface area (Å²) in [6.45, 7) is 3.54. The molecule has 1 heterocycles. The van der Waals surface area contributed by atoms with Crippen LogP contribution in [0, 0.1) is 5.82 Å². The standard InChI is InChI=1S/C28H27FN6O6/c1-17(2)33(19-12-13-23(41-3)21(16-19)26(37)38)27(39)35-28(40)34(31-32-35)24-20(10-7-11-22(24)29)25(36)30-15-14-18-8-5-4-6-9-18/h4-13,16-17H,14-15H2,1-3H3,(H,30,36)(H,37,38). The first-order chi connectivity index (χ1) is 19.6. The molecule has 0 bridgehead atoms. The molecule has 13 heteroatoms. The Morgan fingerprint density at radius 1 is 1.02 bits per heavy atom. The molecule has 41 heavy (non-hydrogen) atoms. The van der Waals surface area contributed by atoms with E-state index in [1.165, 1.54) is 37.4 Å². The minimum atomic E-state index is -1.28. The van der Waals surface area contributed by atoms with Crippen LogP contribution in [0.1, 0.15) is 40.1 Å². The lowest BCUT2D eigenvalue weighted by Gasteiger charge is -2.26. The first-order valence-electron chi connectivity index (χ1n) is 12.5. The van der Waals surface area contributed by atoms with Crippen molar-refractivity contribution in [3.8, 4) is 11.4 Å². The number of carbonyl (C=O) groups excluding carboxylic acids is 2. The number of para-hydroxylation sites is 1. The lowest BCUT2D eigenvalue weighted by atomic mass is 10.1. The van der Waals surface area contributed by atoms with Gasteiger partial charge in [-0.1, -0.05) is 36.4 Å². The fourth-order valence-electron chi connectivity index (χ4n) is 4.23. The van der Waals surface area contributed by atoms with E-state index in [1.807, 2.05) is 30.3 Å². The van der Waals surface area contributed by atoms with Crippen molar-refractivity contribution in [2.45, 2.75) is 26.3 Å². The normalized spacial score (nSPS) is 10.9. The number of anilines is 1. The molecule has 0 aliphatic rings. The van der Waals surface area contributed by atoms with Crippen LogP contribution in [-0.2, 0) is 6.42 Å². The first kappa shape index (κ1) is 28.7. The van der Waals surface area contributed by atoms with Gasteiger partial charge in [0.2, 0.25) is 0 Å². The van der Waals surface area contributed by atoms with E-state index in [2.05, 4.69) is 15.7 Å². The van der Waals surface area contributed by atoms with E-state index < -0.39 is 41.1 Å². The van der Waals surface area contributed by atoms with E-state index >= 15 is 4.39 Å². The van der Waals surface area contributed by atoms with E-state index in [0.717, 1.165) is 16.5 Å². The van der Waals surface area contributed by atoms with Gasteiger partial charge in [0.15, 0.2) is 0 Å². The van der Waals surface area contributed by atoms with Crippen molar-refractivity contribution >= 4 is 23.6 Å². The number of tetrazole rings is 1. The fraction of sp³-hybridized carbons (Fsp3) is 0.214. The molecule has 0 atom stereocenters. The van der Waals surface area contributed by atoms with Crippen molar-refractivity contribution in [2.75, 3.05) is 18.6 Å². The molecule has 3 aromatic carbocycles. The Morgan fingerprint density at radius 2 is 1.76 bits per heavy atom. The summed E-state index contributed by atoms with van der Waals surface area (Å²) < 4.78 is 21.1. The lowest BCUT2D eigenvalue weighted by molar-refractivity contribution is 0.0693. The highest BCUT2D eigenvalue weighted by atomic mass is 19.1. The number of nitrogens with one attached hydrogen (secondary N) is 1. The van der Waals surface area contributed by atoms with Gasteiger partial charge in [-0.2, -0.15) is 4.68 Å². The number of hydrogen-bond donors (Lipinski definition) is 2. The molecule has 212 valence electrons. The summed E-state index contributed by atoms with van der Waals surface area (Å²) in [5, 5.41) is 19.6. The van der Waals surface area contributed by atoms with Gasteiger partial charge in [0.05, 0.1) is 12.7 Å². The minimum Gasteiger partial charge on any atom is -0.496 e. The average molecular weight is 563 g/mol. The van der Waals surface area contributed by atoms with Crippen LogP contribution in [0.25, 0.3) is 5.69 Å². The largest absolute Gasteiger partial charge is 0.496 e. The predicted octanol–water partition coefficient (Wildman–Crippen LogP) is 3.13. The van der Waals surface area contributed by atoms with Gasteiger partial charge < -0.3 is 15.2 Å². The summed E-state index contributed by atoms with van der Waals surface area (Å²) in [6, 6.07) is 15.7. The highest BCUT2D eigenvalue weighted by Crippen LogP contribution is 2.27. The molecule has 0 fully saturated rings.